The number of nitrogen functional groups attached to an aromatic ring is 1. The monoisotopic (exact) mass is 542 g/mol. The van der Waals surface area contributed by atoms with Crippen LogP contribution in [0.4, 0.5) is 21.9 Å². The molecule has 3 aromatic carbocycles. The van der Waals surface area contributed by atoms with Gasteiger partial charge in [0, 0.05) is 16.7 Å². The highest BCUT2D eigenvalue weighted by atomic mass is 16.6. The zero-order valence-electron chi connectivity index (χ0n) is 22.6. The molecule has 0 fully saturated rings. The number of nitrogens with zero attached hydrogens (tertiary/aromatic N) is 1. The third-order valence-electron chi connectivity index (χ3n) is 6.19. The summed E-state index contributed by atoms with van der Waals surface area (Å²) in [5.41, 5.74) is 7.93. The number of anilines is 3. The molecular formula is C31H34N4O5. The van der Waals surface area contributed by atoms with Crippen LogP contribution in [0.3, 0.4) is 0 Å². The molecule has 5 N–H and O–H groups in total. The van der Waals surface area contributed by atoms with Gasteiger partial charge in [0.15, 0.2) is 0 Å². The molecule has 208 valence electrons. The third-order valence-corrected chi connectivity index (χ3v) is 6.19. The quantitative estimate of drug-likeness (QED) is 0.167. The van der Waals surface area contributed by atoms with Crippen LogP contribution in [0, 0.1) is 16.7 Å². The number of rotatable bonds is 12. The summed E-state index contributed by atoms with van der Waals surface area (Å²) in [4.78, 5) is 25.3. The zero-order valence-corrected chi connectivity index (χ0v) is 22.6. The second-order valence-electron chi connectivity index (χ2n) is 9.72. The van der Waals surface area contributed by atoms with E-state index in [9.17, 15) is 14.7 Å². The fourth-order valence-electron chi connectivity index (χ4n) is 4.07. The molecule has 1 atom stereocenters. The van der Waals surface area contributed by atoms with Crippen molar-refractivity contribution >= 4 is 29.1 Å². The smallest absolute Gasteiger partial charge is 0.412 e. The summed E-state index contributed by atoms with van der Waals surface area (Å²) in [7, 11) is 0. The molecule has 0 heterocycles. The number of amides is 2. The van der Waals surface area contributed by atoms with Gasteiger partial charge in [-0.3, -0.25) is 10.1 Å². The molecule has 0 bridgehead atoms. The Morgan fingerprint density at radius 1 is 1.05 bits per heavy atom. The van der Waals surface area contributed by atoms with E-state index in [0.29, 0.717) is 46.8 Å². The largest absolute Gasteiger partial charge is 0.491 e. The Morgan fingerprint density at radius 2 is 1.75 bits per heavy atom. The number of aliphatic hydroxyl groups is 1. The molecule has 2 amide bonds. The molecule has 3 rings (SSSR count). The summed E-state index contributed by atoms with van der Waals surface area (Å²) in [6.07, 6.45) is 2.91. The zero-order chi connectivity index (χ0) is 29.0. The minimum absolute atomic E-state index is 0.0887. The Morgan fingerprint density at radius 3 is 2.45 bits per heavy atom. The van der Waals surface area contributed by atoms with Gasteiger partial charge in [0.1, 0.15) is 18.5 Å². The van der Waals surface area contributed by atoms with Crippen molar-refractivity contribution in [3.63, 3.8) is 0 Å². The molecule has 0 spiro atoms. The number of carbonyl (C=O) groups excluding carboxylic acids is 2. The third kappa shape index (κ3) is 8.61. The van der Waals surface area contributed by atoms with E-state index >= 15 is 0 Å². The molecule has 3 aromatic rings. The van der Waals surface area contributed by atoms with Gasteiger partial charge >= 0.3 is 6.09 Å². The number of aliphatic hydroxyl groups excluding tert-OH is 1. The van der Waals surface area contributed by atoms with Crippen molar-refractivity contribution in [3.8, 4) is 11.8 Å². The topological polar surface area (TPSA) is 147 Å². The minimum atomic E-state index is -0.730. The van der Waals surface area contributed by atoms with Gasteiger partial charge in [-0.25, -0.2) is 4.79 Å². The number of ether oxygens (including phenoxy) is 2. The van der Waals surface area contributed by atoms with E-state index in [4.69, 9.17) is 20.5 Å². The van der Waals surface area contributed by atoms with Gasteiger partial charge in [-0.15, -0.1) is 0 Å². The second-order valence-corrected chi connectivity index (χ2v) is 9.72. The minimum Gasteiger partial charge on any atom is -0.491 e. The molecule has 40 heavy (non-hydrogen) atoms. The summed E-state index contributed by atoms with van der Waals surface area (Å²) in [6.45, 7) is 3.86. The maximum absolute atomic E-state index is 13.0. The highest BCUT2D eigenvalue weighted by molar-refractivity contribution is 6.01. The first-order valence-corrected chi connectivity index (χ1v) is 12.9. The normalized spacial score (nSPS) is 11.8. The van der Waals surface area contributed by atoms with Crippen LogP contribution in [-0.4, -0.2) is 30.3 Å². The number of nitriles is 1. The maximum Gasteiger partial charge on any atom is 0.412 e. The molecule has 0 aromatic heterocycles. The molecule has 0 unspecified atom stereocenters. The molecule has 9 nitrogen and oxygen atoms in total. The van der Waals surface area contributed by atoms with Crippen molar-refractivity contribution in [2.75, 3.05) is 29.6 Å². The molecule has 0 aliphatic heterocycles. The summed E-state index contributed by atoms with van der Waals surface area (Å²) >= 11 is 0. The van der Waals surface area contributed by atoms with Crippen LogP contribution < -0.4 is 21.1 Å². The number of hydrogen-bond donors (Lipinski definition) is 4. The van der Waals surface area contributed by atoms with Gasteiger partial charge in [-0.05, 0) is 61.4 Å². The molecular weight excluding hydrogens is 508 g/mol. The lowest BCUT2D eigenvalue weighted by Crippen LogP contribution is -2.29. The maximum atomic E-state index is 13.0. The predicted molar refractivity (Wildman–Crippen MR) is 155 cm³/mol. The van der Waals surface area contributed by atoms with Crippen molar-refractivity contribution in [1.82, 2.24) is 0 Å². The lowest BCUT2D eigenvalue weighted by Gasteiger charge is -2.35. The van der Waals surface area contributed by atoms with E-state index in [2.05, 4.69) is 10.6 Å². The average molecular weight is 543 g/mol. The van der Waals surface area contributed by atoms with Crippen LogP contribution in [0.5, 0.6) is 5.75 Å². The fourth-order valence-corrected chi connectivity index (χ4v) is 4.07. The predicted octanol–water partition coefficient (Wildman–Crippen LogP) is 5.80. The molecule has 9 heteroatoms. The Balaban J connectivity index is 1.75. The van der Waals surface area contributed by atoms with Crippen molar-refractivity contribution in [3.05, 3.63) is 96.1 Å². The number of hydrogen-bond acceptors (Lipinski definition) is 7. The van der Waals surface area contributed by atoms with E-state index in [0.717, 1.165) is 0 Å². The van der Waals surface area contributed by atoms with E-state index in [1.54, 1.807) is 66.7 Å². The molecule has 0 saturated carbocycles. The summed E-state index contributed by atoms with van der Waals surface area (Å²) < 4.78 is 11.7. The Labute approximate surface area is 234 Å². The SMILES string of the molecule is CC(C)(CC/C=C/C(=O)Nc1ccccc1N)[C@H](OC(=O)Nc1ccc(C#N)cc1)c1ccccc1OCCO. The van der Waals surface area contributed by atoms with E-state index in [1.807, 2.05) is 32.0 Å². The number of para-hydroxylation sites is 3. The van der Waals surface area contributed by atoms with Gasteiger partial charge in [0.2, 0.25) is 5.91 Å². The average Bonchev–Trinajstić information content (AvgIpc) is 2.95. The van der Waals surface area contributed by atoms with Gasteiger partial charge in [0.05, 0.1) is 29.6 Å². The number of nitrogens with two attached hydrogens (primary N) is 1. The highest BCUT2D eigenvalue weighted by Crippen LogP contribution is 2.44. The van der Waals surface area contributed by atoms with Crippen LogP contribution >= 0.6 is 0 Å². The van der Waals surface area contributed by atoms with Crippen LogP contribution in [0.15, 0.2) is 84.9 Å². The second kappa shape index (κ2) is 14.4. The lowest BCUT2D eigenvalue weighted by atomic mass is 9.78. The van der Waals surface area contributed by atoms with Crippen LogP contribution in [0.25, 0.3) is 0 Å². The molecule has 0 aliphatic carbocycles. The molecule has 0 saturated heterocycles. The molecule has 0 aliphatic rings. The lowest BCUT2D eigenvalue weighted by molar-refractivity contribution is -0.111. The molecule has 0 radical (unpaired) electrons. The number of allylic oxidation sites excluding steroid dienone is 1. The van der Waals surface area contributed by atoms with Crippen molar-refractivity contribution in [1.29, 1.82) is 5.26 Å². The van der Waals surface area contributed by atoms with E-state index in [-0.39, 0.29) is 19.1 Å². The first kappa shape index (κ1) is 29.7. The summed E-state index contributed by atoms with van der Waals surface area (Å²) in [5.74, 6) is 0.198. The number of nitrogens with one attached hydrogen (secondary N) is 2. The van der Waals surface area contributed by atoms with Gasteiger partial charge < -0.3 is 25.6 Å². The standard InChI is InChI=1S/C31H34N4O5/c1-31(2,18-8-7-13-28(37)35-26-11-5-4-10-25(26)33)29(24-9-3-6-12-27(24)39-20-19-36)40-30(38)34-23-16-14-22(21-32)15-17-23/h3-7,9-17,29,36H,8,18-20,33H2,1-2H3,(H,34,38)(H,35,37)/b13-7+/t29-/m1/s1. The van der Waals surface area contributed by atoms with E-state index in [1.165, 1.54) is 6.08 Å². The van der Waals surface area contributed by atoms with E-state index < -0.39 is 17.6 Å². The van der Waals surface area contributed by atoms with Crippen LogP contribution in [0.2, 0.25) is 0 Å². The summed E-state index contributed by atoms with van der Waals surface area (Å²) in [5, 5.41) is 23.7. The van der Waals surface area contributed by atoms with Gasteiger partial charge in [0.25, 0.3) is 0 Å². The van der Waals surface area contributed by atoms with Crippen molar-refractivity contribution < 1.29 is 24.2 Å². The first-order chi connectivity index (χ1) is 19.2. The fraction of sp³-hybridized carbons (Fsp3) is 0.258. The van der Waals surface area contributed by atoms with Crippen molar-refractivity contribution in [2.24, 2.45) is 5.41 Å². The Hall–Kier alpha value is -4.81. The highest BCUT2D eigenvalue weighted by Gasteiger charge is 2.35. The van der Waals surface area contributed by atoms with Gasteiger partial charge in [-0.2, -0.15) is 5.26 Å². The van der Waals surface area contributed by atoms with Crippen LogP contribution in [-0.2, 0) is 9.53 Å². The Kier molecular flexibility index (Phi) is 10.7. The van der Waals surface area contributed by atoms with Gasteiger partial charge in [-0.1, -0.05) is 50.3 Å². The number of benzene rings is 3. The number of carbonyl (C=O) groups is 2. The first-order valence-electron chi connectivity index (χ1n) is 12.9. The van der Waals surface area contributed by atoms with Crippen LogP contribution in [0.1, 0.15) is 43.9 Å². The summed E-state index contributed by atoms with van der Waals surface area (Å²) in [6, 6.07) is 22.7. The van der Waals surface area contributed by atoms with Crippen molar-refractivity contribution in [2.45, 2.75) is 32.8 Å². The Bertz CT molecular complexity index is 1360.